The summed E-state index contributed by atoms with van der Waals surface area (Å²) in [6.07, 6.45) is 0. The van der Waals surface area contributed by atoms with Crippen LogP contribution in [-0.4, -0.2) is 24.6 Å². The predicted octanol–water partition coefficient (Wildman–Crippen LogP) is 6.33. The van der Waals surface area contributed by atoms with Crippen LogP contribution in [0.5, 0.6) is 0 Å². The topological polar surface area (TPSA) is 129 Å². The average molecular weight is 529 g/mol. The van der Waals surface area contributed by atoms with Gasteiger partial charge in [0.05, 0.1) is 47.4 Å². The quantitative estimate of drug-likeness (QED) is 0.188. The van der Waals surface area contributed by atoms with Crippen molar-refractivity contribution in [1.82, 2.24) is 9.53 Å². The van der Waals surface area contributed by atoms with Crippen molar-refractivity contribution in [1.29, 1.82) is 0 Å². The second-order valence-corrected chi connectivity index (χ2v) is 8.24. The van der Waals surface area contributed by atoms with Gasteiger partial charge in [0.15, 0.2) is 5.49 Å². The summed E-state index contributed by atoms with van der Waals surface area (Å²) in [5, 5.41) is 34.7. The first kappa shape index (κ1) is 22.9. The Bertz CT molecular complexity index is 1550. The Morgan fingerprint density at radius 3 is 2.03 bits per heavy atom. The van der Waals surface area contributed by atoms with E-state index in [4.69, 9.17) is 46.4 Å². The highest BCUT2D eigenvalue weighted by Crippen LogP contribution is 2.32. The second kappa shape index (κ2) is 8.56. The van der Waals surface area contributed by atoms with Gasteiger partial charge in [-0.05, 0) is 36.4 Å². The molecule has 14 heteroatoms. The third kappa shape index (κ3) is 4.09. The fourth-order valence-electron chi connectivity index (χ4n) is 3.17. The highest BCUT2D eigenvalue weighted by atomic mass is 35.5. The molecule has 1 aromatic heterocycles. The van der Waals surface area contributed by atoms with E-state index >= 15 is 0 Å². The SMILES string of the molecule is O=[N+]([O-])c1cc([N+](=O)[O-])c2c(=Nc3ccc(Cl)c(Cl)c3)n(-c3ccc(Cl)c(Cl)c3)n(O)c2c1. The maximum Gasteiger partial charge on any atom is 0.289 e. The molecule has 0 aliphatic carbocycles. The van der Waals surface area contributed by atoms with Crippen LogP contribution in [-0.2, 0) is 0 Å². The Kier molecular flexibility index (Phi) is 5.93. The monoisotopic (exact) mass is 527 g/mol. The second-order valence-electron chi connectivity index (χ2n) is 6.61. The van der Waals surface area contributed by atoms with Gasteiger partial charge in [0.25, 0.3) is 11.4 Å². The van der Waals surface area contributed by atoms with E-state index in [9.17, 15) is 25.4 Å². The molecule has 10 nitrogen and oxygen atoms in total. The van der Waals surface area contributed by atoms with E-state index in [2.05, 4.69) is 4.99 Å². The third-order valence-corrected chi connectivity index (χ3v) is 6.08. The number of hydrogen-bond acceptors (Lipinski definition) is 6. The molecule has 3 aromatic carbocycles. The van der Waals surface area contributed by atoms with Crippen molar-refractivity contribution >= 4 is 74.4 Å². The van der Waals surface area contributed by atoms with E-state index in [1.165, 1.54) is 36.4 Å². The van der Waals surface area contributed by atoms with Gasteiger partial charge in [0.2, 0.25) is 0 Å². The van der Waals surface area contributed by atoms with Crippen LogP contribution in [0.1, 0.15) is 0 Å². The van der Waals surface area contributed by atoms with Crippen LogP contribution < -0.4 is 5.49 Å². The van der Waals surface area contributed by atoms with Crippen LogP contribution >= 0.6 is 46.4 Å². The number of aromatic nitrogens is 2. The summed E-state index contributed by atoms with van der Waals surface area (Å²) >= 11 is 24.1. The third-order valence-electron chi connectivity index (χ3n) is 4.60. The summed E-state index contributed by atoms with van der Waals surface area (Å²) in [6, 6.07) is 10.5. The molecule has 4 aromatic rings. The molecule has 1 heterocycles. The number of nitro groups is 2. The van der Waals surface area contributed by atoms with Crippen LogP contribution in [0, 0.1) is 20.2 Å². The maximum absolute atomic E-state index is 11.8. The molecule has 0 fully saturated rings. The van der Waals surface area contributed by atoms with E-state index in [1.54, 1.807) is 0 Å². The fourth-order valence-corrected chi connectivity index (χ4v) is 3.75. The molecule has 1 N–H and O–H groups in total. The van der Waals surface area contributed by atoms with E-state index in [0.29, 0.717) is 4.85 Å². The van der Waals surface area contributed by atoms with Gasteiger partial charge in [-0.25, -0.2) is 9.67 Å². The lowest BCUT2D eigenvalue weighted by atomic mass is 10.2. The largest absolute Gasteiger partial charge is 0.412 e. The number of fused-ring (bicyclic) bond motifs is 1. The molecule has 0 amide bonds. The average Bonchev–Trinajstić information content (AvgIpc) is 3.03. The smallest absolute Gasteiger partial charge is 0.289 e. The van der Waals surface area contributed by atoms with Gasteiger partial charge in [0, 0.05) is 6.07 Å². The molecule has 0 aliphatic rings. The maximum atomic E-state index is 11.8. The molecule has 0 spiro atoms. The van der Waals surface area contributed by atoms with Crippen molar-refractivity contribution in [2.75, 3.05) is 0 Å². The van der Waals surface area contributed by atoms with Gasteiger partial charge < -0.3 is 5.21 Å². The van der Waals surface area contributed by atoms with Crippen molar-refractivity contribution in [3.63, 3.8) is 0 Å². The number of non-ortho nitro benzene ring substituents is 2. The first-order valence-electron chi connectivity index (χ1n) is 8.83. The number of hydrogen-bond donors (Lipinski definition) is 1. The van der Waals surface area contributed by atoms with Crippen LogP contribution in [0.4, 0.5) is 17.1 Å². The standard InChI is InChI=1S/C19H9Cl4N5O5/c20-12-3-1-9(5-14(12)22)24-19-18-16(7-11(27(30)31)8-17(18)28(32)33)26(29)25(19)10-2-4-13(21)15(23)6-10/h1-8,29H. The highest BCUT2D eigenvalue weighted by Gasteiger charge is 2.27. The van der Waals surface area contributed by atoms with Gasteiger partial charge in [-0.2, -0.15) is 0 Å². The number of benzene rings is 3. The number of halogens is 4. The Morgan fingerprint density at radius 2 is 1.45 bits per heavy atom. The highest BCUT2D eigenvalue weighted by molar-refractivity contribution is 6.42. The molecule has 0 bridgehead atoms. The number of nitro benzene ring substituents is 2. The number of rotatable bonds is 4. The van der Waals surface area contributed by atoms with Gasteiger partial charge >= 0.3 is 0 Å². The van der Waals surface area contributed by atoms with Gasteiger partial charge in [-0.1, -0.05) is 46.4 Å². The Hall–Kier alpha value is -3.31. The molecule has 4 rings (SSSR count). The lowest BCUT2D eigenvalue weighted by molar-refractivity contribution is -0.393. The summed E-state index contributed by atoms with van der Waals surface area (Å²) in [4.78, 5) is 26.5. The molecule has 0 radical (unpaired) electrons. The van der Waals surface area contributed by atoms with Crippen molar-refractivity contribution < 1.29 is 15.1 Å². The van der Waals surface area contributed by atoms with Crippen LogP contribution in [0.2, 0.25) is 20.1 Å². The first-order valence-corrected chi connectivity index (χ1v) is 10.3. The van der Waals surface area contributed by atoms with Crippen LogP contribution in [0.3, 0.4) is 0 Å². The van der Waals surface area contributed by atoms with Crippen molar-refractivity contribution in [2.24, 2.45) is 4.99 Å². The molecular formula is C19H9Cl4N5O5. The Morgan fingerprint density at radius 1 is 0.818 bits per heavy atom. The van der Waals surface area contributed by atoms with Gasteiger partial charge in [0.1, 0.15) is 10.9 Å². The minimum Gasteiger partial charge on any atom is -0.412 e. The van der Waals surface area contributed by atoms with E-state index in [1.807, 2.05) is 0 Å². The molecule has 0 saturated carbocycles. The molecule has 0 atom stereocenters. The first-order chi connectivity index (χ1) is 15.6. The van der Waals surface area contributed by atoms with Crippen LogP contribution in [0.15, 0.2) is 53.5 Å². The van der Waals surface area contributed by atoms with Crippen molar-refractivity contribution in [3.8, 4) is 5.69 Å². The molecular weight excluding hydrogens is 520 g/mol. The predicted molar refractivity (Wildman–Crippen MR) is 123 cm³/mol. The lowest BCUT2D eigenvalue weighted by Crippen LogP contribution is -2.21. The van der Waals surface area contributed by atoms with E-state index < -0.39 is 21.2 Å². The van der Waals surface area contributed by atoms with E-state index in [0.717, 1.165) is 16.8 Å². The Balaban J connectivity index is 2.21. The zero-order valence-corrected chi connectivity index (χ0v) is 19.0. The summed E-state index contributed by atoms with van der Waals surface area (Å²) in [5.41, 5.74) is -1.12. The minimum atomic E-state index is -0.807. The summed E-state index contributed by atoms with van der Waals surface area (Å²) < 4.78 is 1.09. The molecule has 0 saturated heterocycles. The van der Waals surface area contributed by atoms with Gasteiger partial charge in [-0.15, -0.1) is 4.85 Å². The molecule has 168 valence electrons. The van der Waals surface area contributed by atoms with Crippen molar-refractivity contribution in [3.05, 3.63) is 94.3 Å². The minimum absolute atomic E-state index is 0.120. The Labute approximate surface area is 203 Å². The molecule has 0 aliphatic heterocycles. The zero-order valence-electron chi connectivity index (χ0n) is 15.9. The summed E-state index contributed by atoms with van der Waals surface area (Å²) in [6.45, 7) is 0. The molecule has 0 unspecified atom stereocenters. The normalized spacial score (nSPS) is 11.8. The summed E-state index contributed by atoms with van der Waals surface area (Å²) in [5.74, 6) is 0. The molecule has 33 heavy (non-hydrogen) atoms. The van der Waals surface area contributed by atoms with Crippen LogP contribution in [0.25, 0.3) is 16.6 Å². The fraction of sp³-hybridized carbons (Fsp3) is 0. The van der Waals surface area contributed by atoms with E-state index in [-0.39, 0.29) is 47.9 Å². The van der Waals surface area contributed by atoms with Crippen molar-refractivity contribution in [2.45, 2.75) is 0 Å². The lowest BCUT2D eigenvalue weighted by Gasteiger charge is -2.08. The van der Waals surface area contributed by atoms with Gasteiger partial charge in [-0.3, -0.25) is 20.2 Å². The summed E-state index contributed by atoms with van der Waals surface area (Å²) in [7, 11) is 0. The number of nitrogens with zero attached hydrogens (tertiary/aromatic N) is 5. The zero-order chi connectivity index (χ0) is 24.0.